The molecule has 2 atom stereocenters. The van der Waals surface area contributed by atoms with Crippen LogP contribution >= 0.6 is 0 Å². The molecule has 154 valence electrons. The Morgan fingerprint density at radius 3 is 2.55 bits per heavy atom. The third kappa shape index (κ3) is 4.69. The Hall–Kier alpha value is -2.21. The monoisotopic (exact) mass is 393 g/mol. The number of amides is 1. The summed E-state index contributed by atoms with van der Waals surface area (Å²) in [5.74, 6) is 0.147. The maximum Gasteiger partial charge on any atom is 0.243 e. The zero-order valence-electron chi connectivity index (χ0n) is 17.4. The van der Waals surface area contributed by atoms with E-state index < -0.39 is 0 Å². The third-order valence-electron chi connectivity index (χ3n) is 6.00. The molecule has 2 aromatic carbocycles. The number of anilines is 1. The molecule has 2 aliphatic heterocycles. The SMILES string of the molecule is Cc1ccc([C@@H](CN2CCOCC2)N[C@@H](C)C(=O)N2CCc3ccccc32)cc1. The Balaban J connectivity index is 1.48. The summed E-state index contributed by atoms with van der Waals surface area (Å²) in [6, 6.07) is 16.7. The van der Waals surface area contributed by atoms with Crippen molar-refractivity contribution >= 4 is 11.6 Å². The van der Waals surface area contributed by atoms with Crippen LogP contribution in [0.25, 0.3) is 0 Å². The van der Waals surface area contributed by atoms with Crippen molar-refractivity contribution in [1.29, 1.82) is 0 Å². The number of aryl methyl sites for hydroxylation is 1. The number of rotatable bonds is 6. The highest BCUT2D eigenvalue weighted by Gasteiger charge is 2.29. The lowest BCUT2D eigenvalue weighted by Gasteiger charge is -2.33. The van der Waals surface area contributed by atoms with Crippen molar-refractivity contribution in [3.63, 3.8) is 0 Å². The highest BCUT2D eigenvalue weighted by molar-refractivity contribution is 5.98. The van der Waals surface area contributed by atoms with Crippen molar-refractivity contribution in [2.45, 2.75) is 32.4 Å². The van der Waals surface area contributed by atoms with Crippen LogP contribution in [0.4, 0.5) is 5.69 Å². The van der Waals surface area contributed by atoms with Gasteiger partial charge in [0.25, 0.3) is 0 Å². The van der Waals surface area contributed by atoms with Crippen LogP contribution in [0.15, 0.2) is 48.5 Å². The van der Waals surface area contributed by atoms with E-state index >= 15 is 0 Å². The lowest BCUT2D eigenvalue weighted by atomic mass is 10.0. The standard InChI is InChI=1S/C24H31N3O2/c1-18-7-9-20(10-8-18)22(17-26-13-15-29-16-14-26)25-19(2)24(28)27-12-11-21-5-3-4-6-23(21)27/h3-10,19,22,25H,11-17H2,1-2H3/t19-,22+/m0/s1. The molecule has 0 unspecified atom stereocenters. The summed E-state index contributed by atoms with van der Waals surface area (Å²) in [5.41, 5.74) is 4.79. The first-order chi connectivity index (χ1) is 14.1. The van der Waals surface area contributed by atoms with Gasteiger partial charge in [0, 0.05) is 37.9 Å². The maximum atomic E-state index is 13.3. The summed E-state index contributed by atoms with van der Waals surface area (Å²) in [4.78, 5) is 17.6. The van der Waals surface area contributed by atoms with Crippen LogP contribution in [0.5, 0.6) is 0 Å². The van der Waals surface area contributed by atoms with E-state index in [-0.39, 0.29) is 18.0 Å². The molecule has 0 saturated carbocycles. The van der Waals surface area contributed by atoms with Crippen molar-refractivity contribution in [3.05, 3.63) is 65.2 Å². The number of fused-ring (bicyclic) bond motifs is 1. The van der Waals surface area contributed by atoms with Crippen LogP contribution < -0.4 is 10.2 Å². The molecule has 29 heavy (non-hydrogen) atoms. The van der Waals surface area contributed by atoms with E-state index in [4.69, 9.17) is 4.74 Å². The van der Waals surface area contributed by atoms with E-state index in [0.717, 1.165) is 51.5 Å². The van der Waals surface area contributed by atoms with E-state index in [1.165, 1.54) is 16.7 Å². The van der Waals surface area contributed by atoms with Gasteiger partial charge in [0.05, 0.1) is 19.3 Å². The molecular formula is C24H31N3O2. The average Bonchev–Trinajstić information content (AvgIpc) is 3.18. The molecule has 0 aromatic heterocycles. The summed E-state index contributed by atoms with van der Waals surface area (Å²) in [7, 11) is 0. The Bertz CT molecular complexity index is 830. The maximum absolute atomic E-state index is 13.3. The van der Waals surface area contributed by atoms with Crippen LogP contribution in [-0.2, 0) is 16.0 Å². The second kappa shape index (κ2) is 9.08. The Kier molecular flexibility index (Phi) is 6.28. The zero-order valence-corrected chi connectivity index (χ0v) is 17.4. The van der Waals surface area contributed by atoms with Crippen molar-refractivity contribution in [2.75, 3.05) is 44.3 Å². The van der Waals surface area contributed by atoms with E-state index in [1.54, 1.807) is 0 Å². The number of hydrogen-bond donors (Lipinski definition) is 1. The predicted molar refractivity (Wildman–Crippen MR) is 116 cm³/mol. The smallest absolute Gasteiger partial charge is 0.243 e. The molecule has 0 bridgehead atoms. The van der Waals surface area contributed by atoms with Gasteiger partial charge >= 0.3 is 0 Å². The lowest BCUT2D eigenvalue weighted by molar-refractivity contribution is -0.120. The normalized spacial score (nSPS) is 19.0. The van der Waals surface area contributed by atoms with Gasteiger partial charge < -0.3 is 9.64 Å². The fourth-order valence-corrected chi connectivity index (χ4v) is 4.27. The lowest BCUT2D eigenvalue weighted by Crippen LogP contribution is -2.49. The summed E-state index contributed by atoms with van der Waals surface area (Å²) < 4.78 is 5.50. The molecule has 5 heteroatoms. The van der Waals surface area contributed by atoms with Gasteiger partial charge in [-0.15, -0.1) is 0 Å². The fourth-order valence-electron chi connectivity index (χ4n) is 4.27. The minimum absolute atomic E-state index is 0.102. The molecule has 2 aliphatic rings. The van der Waals surface area contributed by atoms with E-state index in [9.17, 15) is 4.79 Å². The number of morpholine rings is 1. The molecule has 4 rings (SSSR count). The van der Waals surface area contributed by atoms with Gasteiger partial charge in [0.1, 0.15) is 0 Å². The first kappa shape index (κ1) is 20.1. The fraction of sp³-hybridized carbons (Fsp3) is 0.458. The number of ether oxygens (including phenoxy) is 1. The second-order valence-electron chi connectivity index (χ2n) is 8.13. The first-order valence-corrected chi connectivity index (χ1v) is 10.6. The molecule has 1 saturated heterocycles. The van der Waals surface area contributed by atoms with Gasteiger partial charge in [-0.25, -0.2) is 0 Å². The largest absolute Gasteiger partial charge is 0.379 e. The summed E-state index contributed by atoms with van der Waals surface area (Å²) in [6.07, 6.45) is 0.934. The Morgan fingerprint density at radius 2 is 1.79 bits per heavy atom. The number of nitrogens with zero attached hydrogens (tertiary/aromatic N) is 2. The number of carbonyl (C=O) groups is 1. The van der Waals surface area contributed by atoms with Gasteiger partial charge in [-0.2, -0.15) is 0 Å². The predicted octanol–water partition coefficient (Wildman–Crippen LogP) is 2.94. The minimum atomic E-state index is -0.256. The summed E-state index contributed by atoms with van der Waals surface area (Å²) in [6.45, 7) is 9.16. The molecule has 5 nitrogen and oxygen atoms in total. The molecule has 1 N–H and O–H groups in total. The van der Waals surface area contributed by atoms with Crippen LogP contribution in [0.1, 0.15) is 29.7 Å². The number of benzene rings is 2. The average molecular weight is 394 g/mol. The third-order valence-corrected chi connectivity index (χ3v) is 6.00. The van der Waals surface area contributed by atoms with Gasteiger partial charge in [-0.1, -0.05) is 48.0 Å². The number of hydrogen-bond acceptors (Lipinski definition) is 4. The minimum Gasteiger partial charge on any atom is -0.379 e. The van der Waals surface area contributed by atoms with Gasteiger partial charge in [-0.05, 0) is 37.5 Å². The number of para-hydroxylation sites is 1. The van der Waals surface area contributed by atoms with Gasteiger partial charge in [0.2, 0.25) is 5.91 Å². The van der Waals surface area contributed by atoms with Gasteiger partial charge in [0.15, 0.2) is 0 Å². The van der Waals surface area contributed by atoms with Crippen molar-refractivity contribution < 1.29 is 9.53 Å². The Labute approximate surface area is 173 Å². The molecule has 1 fully saturated rings. The van der Waals surface area contributed by atoms with E-state index in [0.29, 0.717) is 0 Å². The van der Waals surface area contributed by atoms with Gasteiger partial charge in [-0.3, -0.25) is 15.0 Å². The Morgan fingerprint density at radius 1 is 1.07 bits per heavy atom. The molecule has 1 amide bonds. The number of nitrogens with one attached hydrogen (secondary N) is 1. The van der Waals surface area contributed by atoms with E-state index in [2.05, 4.69) is 53.5 Å². The topological polar surface area (TPSA) is 44.8 Å². The molecule has 0 radical (unpaired) electrons. The highest BCUT2D eigenvalue weighted by Crippen LogP contribution is 2.28. The number of carbonyl (C=O) groups excluding carboxylic acids is 1. The zero-order chi connectivity index (χ0) is 20.2. The van der Waals surface area contributed by atoms with Crippen molar-refractivity contribution in [2.24, 2.45) is 0 Å². The molecule has 0 aliphatic carbocycles. The quantitative estimate of drug-likeness (QED) is 0.820. The first-order valence-electron chi connectivity index (χ1n) is 10.6. The van der Waals surface area contributed by atoms with Crippen LogP contribution in [0.2, 0.25) is 0 Å². The van der Waals surface area contributed by atoms with Crippen molar-refractivity contribution in [1.82, 2.24) is 10.2 Å². The van der Waals surface area contributed by atoms with Crippen LogP contribution in [0.3, 0.4) is 0 Å². The highest BCUT2D eigenvalue weighted by atomic mass is 16.5. The van der Waals surface area contributed by atoms with E-state index in [1.807, 2.05) is 24.0 Å². The molecule has 2 aromatic rings. The van der Waals surface area contributed by atoms with Crippen LogP contribution in [-0.4, -0.2) is 56.2 Å². The van der Waals surface area contributed by atoms with Crippen LogP contribution in [0, 0.1) is 6.92 Å². The molecule has 0 spiro atoms. The summed E-state index contributed by atoms with van der Waals surface area (Å²) in [5, 5.41) is 3.63. The molecular weight excluding hydrogens is 362 g/mol. The molecule has 2 heterocycles. The second-order valence-corrected chi connectivity index (χ2v) is 8.13. The van der Waals surface area contributed by atoms with Crippen molar-refractivity contribution in [3.8, 4) is 0 Å². The summed E-state index contributed by atoms with van der Waals surface area (Å²) >= 11 is 0.